The molecule has 0 saturated carbocycles. The average molecular weight is 262 g/mol. The Balaban J connectivity index is 1.97. The summed E-state index contributed by atoms with van der Waals surface area (Å²) in [7, 11) is 4.01. The van der Waals surface area contributed by atoms with Crippen LogP contribution in [0, 0.1) is 13.8 Å². The lowest BCUT2D eigenvalue weighted by atomic mass is 10.2. The highest BCUT2D eigenvalue weighted by Gasteiger charge is 2.11. The molecule has 4 heteroatoms. The third kappa shape index (κ3) is 3.49. The summed E-state index contributed by atoms with van der Waals surface area (Å²) in [6.45, 7) is 6.51. The Hall–Kier alpha value is -1.52. The first-order valence-electron chi connectivity index (χ1n) is 6.54. The molecule has 0 unspecified atom stereocenters. The highest BCUT2D eigenvalue weighted by atomic mass is 16.3. The van der Waals surface area contributed by atoms with E-state index < -0.39 is 0 Å². The molecule has 19 heavy (non-hydrogen) atoms. The van der Waals surface area contributed by atoms with Crippen LogP contribution in [0.25, 0.3) is 0 Å². The van der Waals surface area contributed by atoms with E-state index in [0.29, 0.717) is 0 Å². The van der Waals surface area contributed by atoms with Crippen LogP contribution in [0.4, 0.5) is 0 Å². The highest BCUT2D eigenvalue weighted by molar-refractivity contribution is 5.20. The van der Waals surface area contributed by atoms with E-state index in [4.69, 9.17) is 8.83 Å². The highest BCUT2D eigenvalue weighted by Crippen LogP contribution is 2.17. The van der Waals surface area contributed by atoms with Crippen molar-refractivity contribution in [1.29, 1.82) is 0 Å². The minimum atomic E-state index is 0.774. The van der Waals surface area contributed by atoms with Gasteiger partial charge in [-0.1, -0.05) is 0 Å². The van der Waals surface area contributed by atoms with Crippen LogP contribution in [0.3, 0.4) is 0 Å². The number of hydrogen-bond donors (Lipinski definition) is 1. The third-order valence-electron chi connectivity index (χ3n) is 3.24. The van der Waals surface area contributed by atoms with Crippen molar-refractivity contribution in [2.24, 2.45) is 0 Å². The van der Waals surface area contributed by atoms with Gasteiger partial charge in [-0.15, -0.1) is 0 Å². The van der Waals surface area contributed by atoms with E-state index in [1.165, 1.54) is 11.1 Å². The number of furan rings is 2. The summed E-state index contributed by atoms with van der Waals surface area (Å²) in [6.07, 6.45) is 1.74. The van der Waals surface area contributed by atoms with Crippen molar-refractivity contribution >= 4 is 0 Å². The zero-order valence-electron chi connectivity index (χ0n) is 12.1. The topological polar surface area (TPSA) is 41.6 Å². The van der Waals surface area contributed by atoms with Crippen LogP contribution in [0.1, 0.15) is 28.4 Å². The molecule has 0 fully saturated rings. The molecule has 2 rings (SSSR count). The van der Waals surface area contributed by atoms with Crippen LogP contribution in [-0.4, -0.2) is 19.0 Å². The molecule has 0 aliphatic rings. The molecule has 0 amide bonds. The summed E-state index contributed by atoms with van der Waals surface area (Å²) in [5.74, 6) is 3.01. The number of rotatable bonds is 6. The first-order chi connectivity index (χ1) is 9.10. The molecule has 4 nitrogen and oxygen atoms in total. The molecule has 2 aromatic rings. The van der Waals surface area contributed by atoms with Gasteiger partial charge in [-0.25, -0.2) is 0 Å². The maximum Gasteiger partial charge on any atom is 0.120 e. The number of nitrogens with zero attached hydrogens (tertiary/aromatic N) is 1. The van der Waals surface area contributed by atoms with Crippen LogP contribution in [0.5, 0.6) is 0 Å². The van der Waals surface area contributed by atoms with E-state index in [1.54, 1.807) is 6.26 Å². The zero-order valence-corrected chi connectivity index (χ0v) is 12.1. The van der Waals surface area contributed by atoms with Gasteiger partial charge in [0, 0.05) is 12.1 Å². The van der Waals surface area contributed by atoms with E-state index >= 15 is 0 Å². The van der Waals surface area contributed by atoms with Crippen LogP contribution in [0.15, 0.2) is 27.2 Å². The fourth-order valence-electron chi connectivity index (χ4n) is 2.19. The summed E-state index contributed by atoms with van der Waals surface area (Å²) in [5, 5.41) is 3.12. The van der Waals surface area contributed by atoms with Gasteiger partial charge in [0.05, 0.1) is 19.4 Å². The van der Waals surface area contributed by atoms with Crippen LogP contribution >= 0.6 is 0 Å². The smallest absolute Gasteiger partial charge is 0.120 e. The van der Waals surface area contributed by atoms with Gasteiger partial charge in [-0.05, 0) is 45.6 Å². The molecule has 104 valence electrons. The van der Waals surface area contributed by atoms with Crippen molar-refractivity contribution in [3.05, 3.63) is 46.8 Å². The van der Waals surface area contributed by atoms with Gasteiger partial charge in [-0.2, -0.15) is 0 Å². The standard InChI is InChI=1S/C15H22N2O2/c1-11-7-14(19-15(11)8-16-3)10-17(4)9-13-5-6-18-12(13)2/h5-7,16H,8-10H2,1-4H3. The lowest BCUT2D eigenvalue weighted by Gasteiger charge is -2.14. The minimum absolute atomic E-state index is 0.774. The molecule has 0 saturated heterocycles. The van der Waals surface area contributed by atoms with E-state index in [1.807, 2.05) is 20.0 Å². The summed E-state index contributed by atoms with van der Waals surface area (Å²) >= 11 is 0. The number of nitrogens with one attached hydrogen (secondary N) is 1. The SMILES string of the molecule is CNCc1oc(CN(C)Cc2ccoc2C)cc1C. The summed E-state index contributed by atoms with van der Waals surface area (Å²) < 4.78 is 11.2. The zero-order chi connectivity index (χ0) is 13.8. The van der Waals surface area contributed by atoms with Crippen molar-refractivity contribution in [3.8, 4) is 0 Å². The van der Waals surface area contributed by atoms with E-state index in [-0.39, 0.29) is 0 Å². The van der Waals surface area contributed by atoms with Gasteiger partial charge < -0.3 is 14.2 Å². The fraction of sp³-hybridized carbons (Fsp3) is 0.467. The second kappa shape index (κ2) is 6.08. The molecule has 1 N–H and O–H groups in total. The Bertz CT molecular complexity index is 528. The first kappa shape index (κ1) is 13.9. The number of hydrogen-bond acceptors (Lipinski definition) is 4. The normalized spacial score (nSPS) is 11.4. The molecule has 0 spiro atoms. The molecule has 0 aliphatic carbocycles. The van der Waals surface area contributed by atoms with Crippen molar-refractivity contribution in [1.82, 2.24) is 10.2 Å². The van der Waals surface area contributed by atoms with Gasteiger partial charge in [0.15, 0.2) is 0 Å². The molecule has 0 radical (unpaired) electrons. The van der Waals surface area contributed by atoms with E-state index in [9.17, 15) is 0 Å². The lowest BCUT2D eigenvalue weighted by Crippen LogP contribution is -2.17. The Morgan fingerprint density at radius 3 is 2.68 bits per heavy atom. The molecule has 0 atom stereocenters. The Morgan fingerprint density at radius 2 is 2.05 bits per heavy atom. The first-order valence-corrected chi connectivity index (χ1v) is 6.54. The summed E-state index contributed by atoms with van der Waals surface area (Å²) in [6, 6.07) is 4.14. The molecule has 0 bridgehead atoms. The van der Waals surface area contributed by atoms with Gasteiger partial charge in [0.1, 0.15) is 17.3 Å². The molecular formula is C15H22N2O2. The minimum Gasteiger partial charge on any atom is -0.469 e. The van der Waals surface area contributed by atoms with Gasteiger partial charge in [0.25, 0.3) is 0 Å². The summed E-state index contributed by atoms with van der Waals surface area (Å²) in [5.41, 5.74) is 2.43. The third-order valence-corrected chi connectivity index (χ3v) is 3.24. The quantitative estimate of drug-likeness (QED) is 0.869. The van der Waals surface area contributed by atoms with Gasteiger partial charge >= 0.3 is 0 Å². The maximum absolute atomic E-state index is 5.85. The predicted octanol–water partition coefficient (Wildman–Crippen LogP) is 2.84. The summed E-state index contributed by atoms with van der Waals surface area (Å²) in [4.78, 5) is 2.22. The van der Waals surface area contributed by atoms with E-state index in [2.05, 4.69) is 30.3 Å². The maximum atomic E-state index is 5.85. The molecule has 2 heterocycles. The van der Waals surface area contributed by atoms with Crippen LogP contribution in [-0.2, 0) is 19.6 Å². The average Bonchev–Trinajstić information content (AvgIpc) is 2.88. The Kier molecular flexibility index (Phi) is 4.45. The molecule has 0 aliphatic heterocycles. The van der Waals surface area contributed by atoms with Crippen molar-refractivity contribution in [2.75, 3.05) is 14.1 Å². The van der Waals surface area contributed by atoms with Crippen LogP contribution < -0.4 is 5.32 Å². The molecule has 0 aromatic carbocycles. The molecular weight excluding hydrogens is 240 g/mol. The Labute approximate surface area is 114 Å². The van der Waals surface area contributed by atoms with E-state index in [0.717, 1.165) is 36.9 Å². The second-order valence-electron chi connectivity index (χ2n) is 5.02. The van der Waals surface area contributed by atoms with Gasteiger partial charge in [0.2, 0.25) is 0 Å². The largest absolute Gasteiger partial charge is 0.469 e. The number of aryl methyl sites for hydroxylation is 2. The Morgan fingerprint density at radius 1 is 1.26 bits per heavy atom. The van der Waals surface area contributed by atoms with Crippen molar-refractivity contribution in [3.63, 3.8) is 0 Å². The monoisotopic (exact) mass is 262 g/mol. The predicted molar refractivity (Wildman–Crippen MR) is 74.8 cm³/mol. The fourth-order valence-corrected chi connectivity index (χ4v) is 2.19. The second-order valence-corrected chi connectivity index (χ2v) is 5.02. The van der Waals surface area contributed by atoms with Gasteiger partial charge in [-0.3, -0.25) is 4.90 Å². The van der Waals surface area contributed by atoms with Crippen molar-refractivity contribution in [2.45, 2.75) is 33.5 Å². The van der Waals surface area contributed by atoms with Crippen molar-refractivity contribution < 1.29 is 8.83 Å². The molecule has 2 aromatic heterocycles. The van der Waals surface area contributed by atoms with Crippen LogP contribution in [0.2, 0.25) is 0 Å². The lowest BCUT2D eigenvalue weighted by molar-refractivity contribution is 0.281.